The van der Waals surface area contributed by atoms with Gasteiger partial charge >= 0.3 is 0 Å². The van der Waals surface area contributed by atoms with Crippen LogP contribution in [0.5, 0.6) is 5.75 Å². The van der Waals surface area contributed by atoms with E-state index in [9.17, 15) is 14.0 Å². The lowest BCUT2D eigenvalue weighted by atomic mass is 10.2. The summed E-state index contributed by atoms with van der Waals surface area (Å²) in [5.74, 6) is -1.36. The maximum Gasteiger partial charge on any atom is 0.252 e. The summed E-state index contributed by atoms with van der Waals surface area (Å²) in [4.78, 5) is 23.3. The molecule has 0 saturated carbocycles. The van der Waals surface area contributed by atoms with E-state index in [-0.39, 0.29) is 17.2 Å². The molecule has 6 heteroatoms. The smallest absolute Gasteiger partial charge is 0.252 e. The number of amides is 2. The predicted octanol–water partition coefficient (Wildman–Crippen LogP) is 1.09. The standard InChI is InChI=1S/C13H17FN2O3/c1-4-15-12(17)8(2)16-13(18)9-5-6-11(19-3)10(14)7-9/h5-8H,4H2,1-3H3,(H,15,17)(H,16,18)/t8-/m0/s1. The number of halogens is 1. The van der Waals surface area contributed by atoms with Gasteiger partial charge in [0.05, 0.1) is 7.11 Å². The Labute approximate surface area is 111 Å². The van der Waals surface area contributed by atoms with E-state index in [2.05, 4.69) is 10.6 Å². The summed E-state index contributed by atoms with van der Waals surface area (Å²) in [5, 5.41) is 5.07. The topological polar surface area (TPSA) is 67.4 Å². The summed E-state index contributed by atoms with van der Waals surface area (Å²) >= 11 is 0. The van der Waals surface area contributed by atoms with Crippen molar-refractivity contribution in [3.05, 3.63) is 29.6 Å². The summed E-state index contributed by atoms with van der Waals surface area (Å²) in [7, 11) is 1.34. The monoisotopic (exact) mass is 268 g/mol. The van der Waals surface area contributed by atoms with Crippen molar-refractivity contribution in [1.29, 1.82) is 0 Å². The van der Waals surface area contributed by atoms with Crippen LogP contribution in [0.25, 0.3) is 0 Å². The van der Waals surface area contributed by atoms with Gasteiger partial charge in [-0.05, 0) is 32.0 Å². The zero-order valence-electron chi connectivity index (χ0n) is 11.1. The molecule has 19 heavy (non-hydrogen) atoms. The van der Waals surface area contributed by atoms with E-state index in [1.165, 1.54) is 19.2 Å². The van der Waals surface area contributed by atoms with E-state index in [0.29, 0.717) is 6.54 Å². The Hall–Kier alpha value is -2.11. The molecule has 0 fully saturated rings. The van der Waals surface area contributed by atoms with E-state index >= 15 is 0 Å². The van der Waals surface area contributed by atoms with Crippen LogP contribution in [0.2, 0.25) is 0 Å². The van der Waals surface area contributed by atoms with E-state index in [1.807, 2.05) is 0 Å². The van der Waals surface area contributed by atoms with Crippen molar-refractivity contribution in [2.75, 3.05) is 13.7 Å². The molecule has 0 aliphatic heterocycles. The molecule has 0 unspecified atom stereocenters. The molecule has 104 valence electrons. The molecule has 0 spiro atoms. The third kappa shape index (κ3) is 3.94. The van der Waals surface area contributed by atoms with E-state index in [1.54, 1.807) is 13.8 Å². The number of hydrogen-bond donors (Lipinski definition) is 2. The second kappa shape index (κ2) is 6.72. The first-order valence-electron chi connectivity index (χ1n) is 5.91. The molecule has 1 aromatic rings. The minimum Gasteiger partial charge on any atom is -0.494 e. The largest absolute Gasteiger partial charge is 0.494 e. The van der Waals surface area contributed by atoms with E-state index in [4.69, 9.17) is 4.74 Å². The highest BCUT2D eigenvalue weighted by Crippen LogP contribution is 2.17. The minimum atomic E-state index is -0.683. The van der Waals surface area contributed by atoms with Gasteiger partial charge in [-0.15, -0.1) is 0 Å². The molecule has 2 amide bonds. The van der Waals surface area contributed by atoms with Crippen molar-refractivity contribution in [2.45, 2.75) is 19.9 Å². The molecule has 0 bridgehead atoms. The molecular formula is C13H17FN2O3. The normalized spacial score (nSPS) is 11.6. The van der Waals surface area contributed by atoms with Crippen LogP contribution in [0, 0.1) is 5.82 Å². The van der Waals surface area contributed by atoms with Gasteiger partial charge in [-0.3, -0.25) is 9.59 Å². The fourth-order valence-corrected chi connectivity index (χ4v) is 1.48. The lowest BCUT2D eigenvalue weighted by molar-refractivity contribution is -0.122. The van der Waals surface area contributed by atoms with E-state index in [0.717, 1.165) is 6.07 Å². The predicted molar refractivity (Wildman–Crippen MR) is 68.6 cm³/mol. The minimum absolute atomic E-state index is 0.0633. The molecule has 1 rings (SSSR count). The lowest BCUT2D eigenvalue weighted by Crippen LogP contribution is -2.44. The zero-order valence-corrected chi connectivity index (χ0v) is 11.1. The van der Waals surface area contributed by atoms with Gasteiger partial charge in [-0.2, -0.15) is 0 Å². The first-order chi connectivity index (χ1) is 8.99. The average molecular weight is 268 g/mol. The Balaban J connectivity index is 2.73. The Morgan fingerprint density at radius 1 is 1.42 bits per heavy atom. The molecule has 0 aliphatic carbocycles. The summed E-state index contributed by atoms with van der Waals surface area (Å²) in [6, 6.07) is 3.18. The molecule has 0 aliphatic rings. The number of benzene rings is 1. The van der Waals surface area contributed by atoms with Crippen LogP contribution >= 0.6 is 0 Å². The maximum atomic E-state index is 13.4. The Kier molecular flexibility index (Phi) is 5.29. The number of carbonyl (C=O) groups excluding carboxylic acids is 2. The number of methoxy groups -OCH3 is 1. The molecule has 5 nitrogen and oxygen atoms in total. The van der Waals surface area contributed by atoms with Gasteiger partial charge in [0.25, 0.3) is 5.91 Å². The van der Waals surface area contributed by atoms with Crippen LogP contribution in [-0.2, 0) is 4.79 Å². The van der Waals surface area contributed by atoms with Gasteiger partial charge in [0.1, 0.15) is 6.04 Å². The van der Waals surface area contributed by atoms with Crippen LogP contribution in [0.4, 0.5) is 4.39 Å². The summed E-state index contributed by atoms with van der Waals surface area (Å²) in [6.45, 7) is 3.82. The number of ether oxygens (including phenoxy) is 1. The molecule has 2 N–H and O–H groups in total. The summed E-state index contributed by atoms with van der Waals surface area (Å²) in [5.41, 5.74) is 0.134. The van der Waals surface area contributed by atoms with Crippen molar-refractivity contribution in [3.63, 3.8) is 0 Å². The molecular weight excluding hydrogens is 251 g/mol. The SMILES string of the molecule is CCNC(=O)[C@H](C)NC(=O)c1ccc(OC)c(F)c1. The van der Waals surface area contributed by atoms with Gasteiger partial charge in [0.2, 0.25) is 5.91 Å². The maximum absolute atomic E-state index is 13.4. The third-order valence-electron chi connectivity index (χ3n) is 2.51. The quantitative estimate of drug-likeness (QED) is 0.840. The zero-order chi connectivity index (χ0) is 14.4. The second-order valence-corrected chi connectivity index (χ2v) is 3.94. The average Bonchev–Trinajstić information content (AvgIpc) is 2.38. The lowest BCUT2D eigenvalue weighted by Gasteiger charge is -2.13. The Bertz CT molecular complexity index is 477. The number of rotatable bonds is 5. The third-order valence-corrected chi connectivity index (χ3v) is 2.51. The van der Waals surface area contributed by atoms with Gasteiger partial charge in [-0.1, -0.05) is 0 Å². The number of nitrogens with one attached hydrogen (secondary N) is 2. The van der Waals surface area contributed by atoms with Crippen LogP contribution in [0.3, 0.4) is 0 Å². The molecule has 1 aromatic carbocycles. The van der Waals surface area contributed by atoms with Gasteiger partial charge in [-0.25, -0.2) is 4.39 Å². The first kappa shape index (κ1) is 14.9. The van der Waals surface area contributed by atoms with E-state index < -0.39 is 17.8 Å². The molecule has 0 radical (unpaired) electrons. The van der Waals surface area contributed by atoms with Crippen molar-refractivity contribution >= 4 is 11.8 Å². The number of carbonyl (C=O) groups is 2. The van der Waals surface area contributed by atoms with Crippen LogP contribution in [0.1, 0.15) is 24.2 Å². The van der Waals surface area contributed by atoms with Gasteiger partial charge in [0, 0.05) is 12.1 Å². The van der Waals surface area contributed by atoms with Crippen molar-refractivity contribution < 1.29 is 18.7 Å². The Morgan fingerprint density at radius 2 is 2.11 bits per heavy atom. The molecule has 0 heterocycles. The highest BCUT2D eigenvalue weighted by Gasteiger charge is 2.16. The van der Waals surface area contributed by atoms with Crippen molar-refractivity contribution in [2.24, 2.45) is 0 Å². The summed E-state index contributed by atoms with van der Waals surface area (Å²) < 4.78 is 18.2. The van der Waals surface area contributed by atoms with Crippen LogP contribution in [-0.4, -0.2) is 31.5 Å². The highest BCUT2D eigenvalue weighted by atomic mass is 19.1. The molecule has 0 saturated heterocycles. The van der Waals surface area contributed by atoms with Gasteiger partial charge < -0.3 is 15.4 Å². The fourth-order valence-electron chi connectivity index (χ4n) is 1.48. The number of likely N-dealkylation sites (N-methyl/N-ethyl adjacent to an activating group) is 1. The fraction of sp³-hybridized carbons (Fsp3) is 0.385. The summed E-state index contributed by atoms with van der Waals surface area (Å²) in [6.07, 6.45) is 0. The van der Waals surface area contributed by atoms with Crippen LogP contribution < -0.4 is 15.4 Å². The van der Waals surface area contributed by atoms with Gasteiger partial charge in [0.15, 0.2) is 11.6 Å². The highest BCUT2D eigenvalue weighted by molar-refractivity contribution is 5.97. The molecule has 0 aromatic heterocycles. The van der Waals surface area contributed by atoms with Crippen LogP contribution in [0.15, 0.2) is 18.2 Å². The number of hydrogen-bond acceptors (Lipinski definition) is 3. The first-order valence-corrected chi connectivity index (χ1v) is 5.91. The van der Waals surface area contributed by atoms with Crippen molar-refractivity contribution in [3.8, 4) is 5.75 Å². The Morgan fingerprint density at radius 3 is 2.63 bits per heavy atom. The molecule has 1 atom stereocenters. The van der Waals surface area contributed by atoms with Crippen molar-refractivity contribution in [1.82, 2.24) is 10.6 Å². The second-order valence-electron chi connectivity index (χ2n) is 3.94.